The van der Waals surface area contributed by atoms with Crippen molar-refractivity contribution in [3.8, 4) is 0 Å². The Labute approximate surface area is 129 Å². The lowest BCUT2D eigenvalue weighted by atomic mass is 10.1. The quantitative estimate of drug-likeness (QED) is 0.863. The molecule has 1 saturated heterocycles. The molecule has 5 nitrogen and oxygen atoms in total. The molecule has 1 aliphatic rings. The number of amides is 1. The average molecular weight is 311 g/mol. The van der Waals surface area contributed by atoms with Crippen LogP contribution in [0, 0.1) is 0 Å². The van der Waals surface area contributed by atoms with Crippen molar-refractivity contribution in [1.29, 1.82) is 0 Å². The van der Waals surface area contributed by atoms with E-state index >= 15 is 0 Å². The van der Waals surface area contributed by atoms with Gasteiger partial charge in [-0.2, -0.15) is 0 Å². The summed E-state index contributed by atoms with van der Waals surface area (Å²) in [5.74, 6) is -0.124. The second kappa shape index (κ2) is 6.91. The van der Waals surface area contributed by atoms with Gasteiger partial charge in [-0.1, -0.05) is 17.7 Å². The summed E-state index contributed by atoms with van der Waals surface area (Å²) >= 11 is 6.24. The summed E-state index contributed by atoms with van der Waals surface area (Å²) in [5, 5.41) is 3.34. The molecule has 0 bridgehead atoms. The number of ether oxygens (including phenoxy) is 1. The molecular weight excluding hydrogens is 292 g/mol. The fraction of sp³-hybridized carbons (Fsp3) is 0.467. The number of nitrogens with zero attached hydrogens (tertiary/aromatic N) is 1. The van der Waals surface area contributed by atoms with Gasteiger partial charge in [-0.05, 0) is 26.0 Å². The fourth-order valence-electron chi connectivity index (χ4n) is 2.40. The lowest BCUT2D eigenvalue weighted by Gasteiger charge is -2.37. The zero-order valence-corrected chi connectivity index (χ0v) is 12.9. The van der Waals surface area contributed by atoms with E-state index in [0.29, 0.717) is 29.4 Å². The van der Waals surface area contributed by atoms with Gasteiger partial charge in [0.25, 0.3) is 0 Å². The van der Waals surface area contributed by atoms with Gasteiger partial charge >= 0.3 is 0 Å². The van der Waals surface area contributed by atoms with Gasteiger partial charge in [-0.3, -0.25) is 9.59 Å². The number of halogens is 1. The van der Waals surface area contributed by atoms with E-state index in [4.69, 9.17) is 16.3 Å². The van der Waals surface area contributed by atoms with Crippen LogP contribution < -0.4 is 10.2 Å². The van der Waals surface area contributed by atoms with Gasteiger partial charge in [0.2, 0.25) is 5.91 Å². The van der Waals surface area contributed by atoms with Crippen molar-refractivity contribution in [3.05, 3.63) is 28.8 Å². The maximum absolute atomic E-state index is 12.3. The van der Waals surface area contributed by atoms with Crippen LogP contribution in [0.1, 0.15) is 24.2 Å². The van der Waals surface area contributed by atoms with Crippen molar-refractivity contribution in [2.45, 2.75) is 25.9 Å². The van der Waals surface area contributed by atoms with Crippen LogP contribution in [0.3, 0.4) is 0 Å². The van der Waals surface area contributed by atoms with Crippen molar-refractivity contribution in [2.24, 2.45) is 0 Å². The van der Waals surface area contributed by atoms with Crippen molar-refractivity contribution in [1.82, 2.24) is 5.32 Å². The number of rotatable bonds is 4. The SMILES string of the molecule is CC(C)NC(=O)C1COCCN1c1c(Cl)cccc1C=O. The number of carbonyl (C=O) groups is 2. The molecule has 1 heterocycles. The molecular formula is C15H19ClN2O3. The third kappa shape index (κ3) is 3.54. The highest BCUT2D eigenvalue weighted by atomic mass is 35.5. The van der Waals surface area contributed by atoms with Gasteiger partial charge in [0, 0.05) is 18.2 Å². The molecule has 6 heteroatoms. The summed E-state index contributed by atoms with van der Waals surface area (Å²) in [4.78, 5) is 25.5. The number of hydrogen-bond acceptors (Lipinski definition) is 4. The highest BCUT2D eigenvalue weighted by Gasteiger charge is 2.32. The smallest absolute Gasteiger partial charge is 0.245 e. The molecule has 114 valence electrons. The van der Waals surface area contributed by atoms with Crippen LogP contribution in [0.25, 0.3) is 0 Å². The molecule has 0 spiro atoms. The van der Waals surface area contributed by atoms with Crippen LogP contribution >= 0.6 is 11.6 Å². The van der Waals surface area contributed by atoms with Crippen molar-refractivity contribution < 1.29 is 14.3 Å². The number of nitrogens with one attached hydrogen (secondary N) is 1. The highest BCUT2D eigenvalue weighted by Crippen LogP contribution is 2.31. The molecule has 0 aromatic heterocycles. The summed E-state index contributed by atoms with van der Waals surface area (Å²) in [6.45, 7) is 5.09. The second-order valence-corrected chi connectivity index (χ2v) is 5.65. The number of hydrogen-bond donors (Lipinski definition) is 1. The first-order valence-corrected chi connectivity index (χ1v) is 7.31. The van der Waals surface area contributed by atoms with E-state index in [1.54, 1.807) is 18.2 Å². The monoisotopic (exact) mass is 310 g/mol. The fourth-order valence-corrected chi connectivity index (χ4v) is 2.69. The largest absolute Gasteiger partial charge is 0.377 e. The van der Waals surface area contributed by atoms with E-state index in [9.17, 15) is 9.59 Å². The standard InChI is InChI=1S/C15H19ClN2O3/c1-10(2)17-15(20)13-9-21-7-6-18(13)14-11(8-19)4-3-5-12(14)16/h3-5,8,10,13H,6-7,9H2,1-2H3,(H,17,20). The minimum atomic E-state index is -0.486. The molecule has 1 aliphatic heterocycles. The number of aldehydes is 1. The lowest BCUT2D eigenvalue weighted by Crippen LogP contribution is -2.55. The molecule has 0 aliphatic carbocycles. The normalized spacial score (nSPS) is 18.7. The number of morpholine rings is 1. The summed E-state index contributed by atoms with van der Waals surface area (Å²) in [7, 11) is 0. The Morgan fingerprint density at radius 1 is 1.52 bits per heavy atom. The van der Waals surface area contributed by atoms with E-state index < -0.39 is 6.04 Å². The zero-order valence-electron chi connectivity index (χ0n) is 12.1. The molecule has 1 atom stereocenters. The molecule has 21 heavy (non-hydrogen) atoms. The molecule has 1 aromatic carbocycles. The minimum absolute atomic E-state index is 0.0399. The lowest BCUT2D eigenvalue weighted by molar-refractivity contribution is -0.125. The Hall–Kier alpha value is -1.59. The predicted molar refractivity (Wildman–Crippen MR) is 82.1 cm³/mol. The van der Waals surface area contributed by atoms with Crippen molar-refractivity contribution >= 4 is 29.5 Å². The Morgan fingerprint density at radius 3 is 2.95 bits per heavy atom. The van der Waals surface area contributed by atoms with Gasteiger partial charge in [0.1, 0.15) is 6.04 Å². The summed E-state index contributed by atoms with van der Waals surface area (Å²) < 4.78 is 5.42. The molecule has 2 rings (SSSR count). The van der Waals surface area contributed by atoms with Crippen LogP contribution in [0.15, 0.2) is 18.2 Å². The predicted octanol–water partition coefficient (Wildman–Crippen LogP) is 1.88. The number of para-hydroxylation sites is 1. The second-order valence-electron chi connectivity index (χ2n) is 5.24. The van der Waals surface area contributed by atoms with Crippen LogP contribution in [0.4, 0.5) is 5.69 Å². The van der Waals surface area contributed by atoms with Crippen LogP contribution in [-0.4, -0.2) is 44.0 Å². The van der Waals surface area contributed by atoms with E-state index in [1.807, 2.05) is 18.7 Å². The van der Waals surface area contributed by atoms with Gasteiger partial charge in [-0.15, -0.1) is 0 Å². The van der Waals surface area contributed by atoms with E-state index in [0.717, 1.165) is 6.29 Å². The number of benzene rings is 1. The first-order chi connectivity index (χ1) is 10.0. The molecule has 1 N–H and O–H groups in total. The average Bonchev–Trinajstić information content (AvgIpc) is 2.46. The maximum atomic E-state index is 12.3. The minimum Gasteiger partial charge on any atom is -0.377 e. The Balaban J connectivity index is 2.35. The number of anilines is 1. The summed E-state index contributed by atoms with van der Waals surface area (Å²) in [6, 6.07) is 4.69. The molecule has 1 aromatic rings. The van der Waals surface area contributed by atoms with Crippen LogP contribution in [0.5, 0.6) is 0 Å². The van der Waals surface area contributed by atoms with Crippen LogP contribution in [-0.2, 0) is 9.53 Å². The van der Waals surface area contributed by atoms with Gasteiger partial charge in [0.15, 0.2) is 6.29 Å². The van der Waals surface area contributed by atoms with E-state index in [-0.39, 0.29) is 18.6 Å². The third-order valence-electron chi connectivity index (χ3n) is 3.29. The van der Waals surface area contributed by atoms with Crippen LogP contribution in [0.2, 0.25) is 5.02 Å². The first-order valence-electron chi connectivity index (χ1n) is 6.93. The Morgan fingerprint density at radius 2 is 2.29 bits per heavy atom. The Kier molecular flexibility index (Phi) is 5.20. The Bertz CT molecular complexity index is 534. The first kappa shape index (κ1) is 15.8. The molecule has 1 amide bonds. The summed E-state index contributed by atoms with van der Waals surface area (Å²) in [6.07, 6.45) is 0.758. The zero-order chi connectivity index (χ0) is 15.4. The molecule has 1 unspecified atom stereocenters. The van der Waals surface area contributed by atoms with Crippen molar-refractivity contribution in [3.63, 3.8) is 0 Å². The van der Waals surface area contributed by atoms with Gasteiger partial charge in [-0.25, -0.2) is 0 Å². The topological polar surface area (TPSA) is 58.6 Å². The van der Waals surface area contributed by atoms with E-state index in [1.165, 1.54) is 0 Å². The molecule has 0 radical (unpaired) electrons. The summed E-state index contributed by atoms with van der Waals surface area (Å²) in [5.41, 5.74) is 1.08. The maximum Gasteiger partial charge on any atom is 0.245 e. The van der Waals surface area contributed by atoms with Gasteiger partial charge < -0.3 is 15.0 Å². The number of carbonyl (C=O) groups excluding carboxylic acids is 2. The third-order valence-corrected chi connectivity index (χ3v) is 3.60. The molecule has 0 saturated carbocycles. The highest BCUT2D eigenvalue weighted by molar-refractivity contribution is 6.34. The van der Waals surface area contributed by atoms with Gasteiger partial charge in [0.05, 0.1) is 23.9 Å². The molecule has 1 fully saturated rings. The van der Waals surface area contributed by atoms with Crippen molar-refractivity contribution in [2.75, 3.05) is 24.7 Å². The van der Waals surface area contributed by atoms with E-state index in [2.05, 4.69) is 5.32 Å².